The van der Waals surface area contributed by atoms with Crippen molar-refractivity contribution in [1.29, 1.82) is 0 Å². The Bertz CT molecular complexity index is 822. The Kier molecular flexibility index (Phi) is 4.99. The highest BCUT2D eigenvalue weighted by molar-refractivity contribution is 6.33. The van der Waals surface area contributed by atoms with Crippen LogP contribution in [0.25, 0.3) is 0 Å². The predicted octanol–water partition coefficient (Wildman–Crippen LogP) is 3.25. The minimum atomic E-state index is -4.55. The van der Waals surface area contributed by atoms with Crippen molar-refractivity contribution in [2.45, 2.75) is 6.18 Å². The fraction of sp³-hybridized carbons (Fsp3) is 0.312. The highest BCUT2D eigenvalue weighted by Crippen LogP contribution is 2.29. The van der Waals surface area contributed by atoms with Gasteiger partial charge < -0.3 is 9.80 Å². The van der Waals surface area contributed by atoms with Crippen LogP contribution in [0.15, 0.2) is 30.6 Å². The highest BCUT2D eigenvalue weighted by atomic mass is 35.5. The number of alkyl halides is 3. The second-order valence-electron chi connectivity index (χ2n) is 5.66. The molecule has 1 saturated heterocycles. The van der Waals surface area contributed by atoms with Crippen molar-refractivity contribution >= 4 is 23.3 Å². The number of nitrogens with zero attached hydrogens (tertiary/aromatic N) is 4. The summed E-state index contributed by atoms with van der Waals surface area (Å²) < 4.78 is 51.4. The normalized spacial score (nSPS) is 15.3. The molecular formula is C16H13ClF4N4O. The van der Waals surface area contributed by atoms with Crippen molar-refractivity contribution in [1.82, 2.24) is 14.9 Å². The van der Waals surface area contributed by atoms with Gasteiger partial charge in [0.2, 0.25) is 0 Å². The molecule has 5 nitrogen and oxygen atoms in total. The summed E-state index contributed by atoms with van der Waals surface area (Å²) >= 11 is 5.91. The Labute approximate surface area is 151 Å². The molecule has 1 amide bonds. The summed E-state index contributed by atoms with van der Waals surface area (Å²) in [4.78, 5) is 22.8. The van der Waals surface area contributed by atoms with Crippen molar-refractivity contribution in [3.63, 3.8) is 0 Å². The zero-order valence-electron chi connectivity index (χ0n) is 13.3. The van der Waals surface area contributed by atoms with Gasteiger partial charge in [0.1, 0.15) is 23.7 Å². The van der Waals surface area contributed by atoms with Crippen LogP contribution in [0.1, 0.15) is 16.1 Å². The Morgan fingerprint density at radius 1 is 1.08 bits per heavy atom. The number of benzene rings is 1. The van der Waals surface area contributed by atoms with E-state index >= 15 is 0 Å². The van der Waals surface area contributed by atoms with E-state index in [0.29, 0.717) is 13.1 Å². The lowest BCUT2D eigenvalue weighted by Crippen LogP contribution is -2.49. The van der Waals surface area contributed by atoms with Gasteiger partial charge in [-0.15, -0.1) is 0 Å². The van der Waals surface area contributed by atoms with E-state index in [4.69, 9.17) is 11.6 Å². The first-order valence-corrected chi connectivity index (χ1v) is 8.02. The third-order valence-corrected chi connectivity index (χ3v) is 4.31. The maximum atomic E-state index is 13.1. The van der Waals surface area contributed by atoms with Gasteiger partial charge in [0.25, 0.3) is 5.91 Å². The molecule has 0 spiro atoms. The topological polar surface area (TPSA) is 49.3 Å². The molecule has 1 aromatic heterocycles. The molecule has 0 bridgehead atoms. The molecule has 26 heavy (non-hydrogen) atoms. The van der Waals surface area contributed by atoms with Gasteiger partial charge in [0, 0.05) is 32.2 Å². The number of halogens is 5. The van der Waals surface area contributed by atoms with Gasteiger partial charge in [-0.1, -0.05) is 11.6 Å². The first-order valence-electron chi connectivity index (χ1n) is 7.64. The van der Waals surface area contributed by atoms with Crippen LogP contribution >= 0.6 is 11.6 Å². The maximum absolute atomic E-state index is 13.1. The smallest absolute Gasteiger partial charge is 0.353 e. The molecule has 1 fully saturated rings. The number of anilines is 1. The summed E-state index contributed by atoms with van der Waals surface area (Å²) in [5, 5.41) is 0.0167. The lowest BCUT2D eigenvalue weighted by molar-refractivity contribution is -0.141. The van der Waals surface area contributed by atoms with E-state index < -0.39 is 17.7 Å². The number of aromatic nitrogens is 2. The largest absolute Gasteiger partial charge is 0.433 e. The molecule has 2 heterocycles. The highest BCUT2D eigenvalue weighted by Gasteiger charge is 2.33. The number of hydrogen-bond acceptors (Lipinski definition) is 4. The summed E-state index contributed by atoms with van der Waals surface area (Å²) in [6, 6.07) is 4.40. The van der Waals surface area contributed by atoms with Crippen molar-refractivity contribution in [3.05, 3.63) is 52.7 Å². The van der Waals surface area contributed by atoms with E-state index in [1.165, 1.54) is 11.0 Å². The number of rotatable bonds is 2. The first-order chi connectivity index (χ1) is 12.3. The van der Waals surface area contributed by atoms with Gasteiger partial charge in [-0.3, -0.25) is 4.79 Å². The molecule has 2 aromatic rings. The standard InChI is InChI=1S/C16H13ClF4N4O/c17-12-7-10(18)1-2-11(12)15(26)25-5-3-24(4-6-25)14-8-13(16(19,20)21)22-9-23-14/h1-2,7-9H,3-6H2. The van der Waals surface area contributed by atoms with Gasteiger partial charge in [-0.2, -0.15) is 13.2 Å². The van der Waals surface area contributed by atoms with Crippen LogP contribution in [0, 0.1) is 5.82 Å². The van der Waals surface area contributed by atoms with E-state index in [2.05, 4.69) is 9.97 Å². The lowest BCUT2D eigenvalue weighted by Gasteiger charge is -2.35. The Morgan fingerprint density at radius 2 is 1.77 bits per heavy atom. The number of piperazine rings is 1. The summed E-state index contributed by atoms with van der Waals surface area (Å²) in [5.74, 6) is -0.742. The van der Waals surface area contributed by atoms with E-state index in [1.807, 2.05) is 0 Å². The fourth-order valence-electron chi connectivity index (χ4n) is 2.65. The molecule has 1 aromatic carbocycles. The first kappa shape index (κ1) is 18.4. The molecule has 0 unspecified atom stereocenters. The van der Waals surface area contributed by atoms with Crippen molar-refractivity contribution < 1.29 is 22.4 Å². The summed E-state index contributed by atoms with van der Waals surface area (Å²) in [7, 11) is 0. The molecule has 10 heteroatoms. The van der Waals surface area contributed by atoms with Crippen LogP contribution in [0.2, 0.25) is 5.02 Å². The van der Waals surface area contributed by atoms with Crippen LogP contribution in [0.3, 0.4) is 0 Å². The Balaban J connectivity index is 1.68. The quantitative estimate of drug-likeness (QED) is 0.741. The van der Waals surface area contributed by atoms with Gasteiger partial charge in [0.05, 0.1) is 10.6 Å². The monoisotopic (exact) mass is 388 g/mol. The average Bonchev–Trinajstić information content (AvgIpc) is 2.61. The average molecular weight is 389 g/mol. The van der Waals surface area contributed by atoms with Crippen molar-refractivity contribution in [3.8, 4) is 0 Å². The molecule has 1 aliphatic rings. The number of hydrogen-bond donors (Lipinski definition) is 0. The second kappa shape index (κ2) is 7.06. The third-order valence-electron chi connectivity index (χ3n) is 4.00. The second-order valence-corrected chi connectivity index (χ2v) is 6.07. The van der Waals surface area contributed by atoms with Crippen LogP contribution in [0.5, 0.6) is 0 Å². The van der Waals surface area contributed by atoms with Crippen LogP contribution in [-0.2, 0) is 6.18 Å². The molecule has 1 aliphatic heterocycles. The Morgan fingerprint density at radius 3 is 2.38 bits per heavy atom. The molecule has 3 rings (SSSR count). The summed E-state index contributed by atoms with van der Waals surface area (Å²) in [6.45, 7) is 1.16. The van der Waals surface area contributed by atoms with Crippen LogP contribution in [-0.4, -0.2) is 47.0 Å². The minimum absolute atomic E-state index is 0.0167. The van der Waals surface area contributed by atoms with Crippen LogP contribution < -0.4 is 4.90 Å². The fourth-order valence-corrected chi connectivity index (χ4v) is 2.89. The van der Waals surface area contributed by atoms with E-state index in [0.717, 1.165) is 24.5 Å². The van der Waals surface area contributed by atoms with Gasteiger partial charge >= 0.3 is 6.18 Å². The zero-order chi connectivity index (χ0) is 18.9. The van der Waals surface area contributed by atoms with Crippen molar-refractivity contribution in [2.75, 3.05) is 31.1 Å². The van der Waals surface area contributed by atoms with E-state index in [-0.39, 0.29) is 35.4 Å². The zero-order valence-corrected chi connectivity index (χ0v) is 14.1. The number of carbonyl (C=O) groups excluding carboxylic acids is 1. The molecule has 0 aliphatic carbocycles. The maximum Gasteiger partial charge on any atom is 0.433 e. The molecule has 0 N–H and O–H groups in total. The number of carbonyl (C=O) groups is 1. The minimum Gasteiger partial charge on any atom is -0.353 e. The van der Waals surface area contributed by atoms with Gasteiger partial charge in [-0.05, 0) is 18.2 Å². The predicted molar refractivity (Wildman–Crippen MR) is 86.6 cm³/mol. The van der Waals surface area contributed by atoms with E-state index in [1.54, 1.807) is 4.90 Å². The third kappa shape index (κ3) is 3.87. The molecule has 0 radical (unpaired) electrons. The van der Waals surface area contributed by atoms with Crippen molar-refractivity contribution in [2.24, 2.45) is 0 Å². The number of amides is 1. The van der Waals surface area contributed by atoms with Gasteiger partial charge in [-0.25, -0.2) is 14.4 Å². The summed E-state index contributed by atoms with van der Waals surface area (Å²) in [5.41, 5.74) is -0.831. The molecule has 0 atom stereocenters. The molecular weight excluding hydrogens is 376 g/mol. The van der Waals surface area contributed by atoms with Gasteiger partial charge in [0.15, 0.2) is 0 Å². The summed E-state index contributed by atoms with van der Waals surface area (Å²) in [6.07, 6.45) is -3.68. The lowest BCUT2D eigenvalue weighted by atomic mass is 10.1. The molecule has 0 saturated carbocycles. The SMILES string of the molecule is O=C(c1ccc(F)cc1Cl)N1CCN(c2cc(C(F)(F)F)ncn2)CC1. The Hall–Kier alpha value is -2.42. The molecule has 138 valence electrons. The van der Waals surface area contributed by atoms with Crippen LogP contribution in [0.4, 0.5) is 23.4 Å². The van der Waals surface area contributed by atoms with E-state index in [9.17, 15) is 22.4 Å².